The van der Waals surface area contributed by atoms with Gasteiger partial charge in [-0.3, -0.25) is 0 Å². The Morgan fingerprint density at radius 2 is 1.24 bits per heavy atom. The molecule has 0 aromatic heterocycles. The molecule has 4 heterocycles. The van der Waals surface area contributed by atoms with Crippen molar-refractivity contribution in [1.82, 2.24) is 0 Å². The molecule has 29 atom stereocenters. The van der Waals surface area contributed by atoms with Crippen molar-refractivity contribution in [3.05, 3.63) is 11.6 Å². The van der Waals surface area contributed by atoms with E-state index < -0.39 is 147 Å². The van der Waals surface area contributed by atoms with Crippen molar-refractivity contribution < 1.29 is 109 Å². The van der Waals surface area contributed by atoms with E-state index >= 15 is 0 Å². The number of rotatable bonds is 11. The molecule has 4 aliphatic heterocycles. The van der Waals surface area contributed by atoms with Gasteiger partial charge in [0.2, 0.25) is 0 Å². The summed E-state index contributed by atoms with van der Waals surface area (Å²) in [5.41, 5.74) is -0.914. The summed E-state index contributed by atoms with van der Waals surface area (Å²) in [6.45, 7) is 15.8. The highest BCUT2D eigenvalue weighted by atomic mass is 16.8. The van der Waals surface area contributed by atoms with E-state index in [1.807, 2.05) is 6.92 Å². The maximum atomic E-state index is 12.5. The molecule has 13 N–H and O–H groups in total. The van der Waals surface area contributed by atoms with E-state index in [0.29, 0.717) is 25.7 Å². The Bertz CT molecular complexity index is 2080. The molecule has 75 heavy (non-hydrogen) atoms. The van der Waals surface area contributed by atoms with Crippen molar-refractivity contribution in [2.75, 3.05) is 19.8 Å². The summed E-state index contributed by atoms with van der Waals surface area (Å²) in [6.07, 6.45) is -23.0. The number of allylic oxidation sites excluding steroid dienone is 2. The van der Waals surface area contributed by atoms with Crippen LogP contribution in [0, 0.1) is 50.2 Å². The monoisotopic (exact) mass is 1070 g/mol. The van der Waals surface area contributed by atoms with Gasteiger partial charge in [-0.1, -0.05) is 60.1 Å². The van der Waals surface area contributed by atoms with Gasteiger partial charge in [-0.25, -0.2) is 4.79 Å². The Morgan fingerprint density at radius 1 is 0.613 bits per heavy atom. The molecule has 9 aliphatic rings. The lowest BCUT2D eigenvalue weighted by Gasteiger charge is -2.72. The van der Waals surface area contributed by atoms with Crippen molar-refractivity contribution in [3.63, 3.8) is 0 Å². The van der Waals surface area contributed by atoms with Crippen molar-refractivity contribution >= 4 is 5.97 Å². The lowest BCUT2D eigenvalue weighted by molar-refractivity contribution is -0.387. The molecular formula is C53H86O22. The van der Waals surface area contributed by atoms with Crippen LogP contribution in [-0.4, -0.2) is 221 Å². The highest BCUT2D eigenvalue weighted by molar-refractivity contribution is 5.73. The molecule has 0 bridgehead atoms. The van der Waals surface area contributed by atoms with E-state index in [1.165, 1.54) is 12.5 Å². The third-order valence-corrected chi connectivity index (χ3v) is 21.2. The number of aliphatic carboxylic acids is 1. The van der Waals surface area contributed by atoms with E-state index in [2.05, 4.69) is 47.6 Å². The first kappa shape index (κ1) is 58.1. The van der Waals surface area contributed by atoms with Crippen LogP contribution in [0.1, 0.15) is 113 Å². The molecule has 0 spiro atoms. The minimum absolute atomic E-state index is 0.103. The topological polar surface area (TPSA) is 354 Å². The van der Waals surface area contributed by atoms with Gasteiger partial charge in [0.25, 0.3) is 0 Å². The van der Waals surface area contributed by atoms with Crippen LogP contribution in [0.5, 0.6) is 0 Å². The summed E-state index contributed by atoms with van der Waals surface area (Å²) >= 11 is 0. The van der Waals surface area contributed by atoms with Gasteiger partial charge >= 0.3 is 5.97 Å². The smallest absolute Gasteiger partial charge is 0.335 e. The maximum absolute atomic E-state index is 12.5. The summed E-state index contributed by atoms with van der Waals surface area (Å²) in [5, 5.41) is 140. The first-order valence-electron chi connectivity index (χ1n) is 27.2. The van der Waals surface area contributed by atoms with Gasteiger partial charge in [-0.15, -0.1) is 0 Å². The first-order chi connectivity index (χ1) is 35.0. The number of ether oxygens (including phenoxy) is 8. The van der Waals surface area contributed by atoms with E-state index in [-0.39, 0.29) is 57.5 Å². The molecule has 0 aromatic rings. The van der Waals surface area contributed by atoms with Crippen LogP contribution in [0.25, 0.3) is 0 Å². The summed E-state index contributed by atoms with van der Waals surface area (Å²) in [7, 11) is 0. The largest absolute Gasteiger partial charge is 0.479 e. The molecule has 4 saturated carbocycles. The molecule has 9 rings (SSSR count). The average molecular weight is 1080 g/mol. The number of carboxylic acids is 1. The summed E-state index contributed by atoms with van der Waals surface area (Å²) in [4.78, 5) is 12.5. The van der Waals surface area contributed by atoms with Crippen LogP contribution in [0.15, 0.2) is 11.6 Å². The van der Waals surface area contributed by atoms with Crippen molar-refractivity contribution in [2.45, 2.75) is 242 Å². The fourth-order valence-corrected chi connectivity index (χ4v) is 16.3. The zero-order chi connectivity index (χ0) is 54.9. The molecule has 8 fully saturated rings. The van der Waals surface area contributed by atoms with E-state index in [9.17, 15) is 71.2 Å². The van der Waals surface area contributed by atoms with E-state index in [1.54, 1.807) is 0 Å². The number of aliphatic hydroxyl groups excluding tert-OH is 12. The number of aliphatic hydroxyl groups is 12. The number of carbonyl (C=O) groups is 1. The first-order valence-corrected chi connectivity index (χ1v) is 27.2. The van der Waals surface area contributed by atoms with Crippen LogP contribution in [-0.2, 0) is 42.7 Å². The maximum Gasteiger partial charge on any atom is 0.335 e. The van der Waals surface area contributed by atoms with Gasteiger partial charge in [-0.05, 0) is 104 Å². The van der Waals surface area contributed by atoms with Gasteiger partial charge in [0.1, 0.15) is 79.4 Å². The zero-order valence-electron chi connectivity index (χ0n) is 44.4. The van der Waals surface area contributed by atoms with Gasteiger partial charge < -0.3 is 104 Å². The summed E-state index contributed by atoms with van der Waals surface area (Å²) < 4.78 is 48.8. The number of hydrogen-bond acceptors (Lipinski definition) is 21. The molecule has 22 nitrogen and oxygen atoms in total. The standard InChI is InChI=1S/C53H86O22/c1-22-31(57)34(60)38(64)44(69-22)74-41-32(58)25(56)20-68-46(41)75-42-37(63)36(62)40(43(66)67)73-47(42)71-29-12-13-50(5)27(51(29,6)21-55)11-14-53(8)28(50)10-9-23-24-17-48(2,3)18-30(49(24,4)15-16-52(23,53)7)72-45-39(65)35(61)33(59)26(19-54)70-45/h9,22,24-42,44-47,54-65H,10-21H2,1-8H3,(H,66,67). The minimum atomic E-state index is -2.05. The fourth-order valence-electron chi connectivity index (χ4n) is 16.3. The second-order valence-electron chi connectivity index (χ2n) is 26.0. The molecule has 430 valence electrons. The Kier molecular flexibility index (Phi) is 16.1. The van der Waals surface area contributed by atoms with Gasteiger partial charge in [0.05, 0.1) is 38.1 Å². The normalized spacial score (nSPS) is 55.9. The van der Waals surface area contributed by atoms with Crippen LogP contribution < -0.4 is 0 Å². The molecule has 22 heteroatoms. The van der Waals surface area contributed by atoms with Gasteiger partial charge in [0.15, 0.2) is 31.3 Å². The molecule has 29 unspecified atom stereocenters. The van der Waals surface area contributed by atoms with Crippen molar-refractivity contribution in [2.24, 2.45) is 50.2 Å². The van der Waals surface area contributed by atoms with Crippen LogP contribution in [0.2, 0.25) is 0 Å². The second-order valence-corrected chi connectivity index (χ2v) is 26.0. The zero-order valence-corrected chi connectivity index (χ0v) is 44.4. The van der Waals surface area contributed by atoms with Crippen LogP contribution in [0.3, 0.4) is 0 Å². The predicted octanol–water partition coefficient (Wildman–Crippen LogP) is -0.832. The fraction of sp³-hybridized carbons (Fsp3) is 0.943. The number of fused-ring (bicyclic) bond motifs is 7. The third kappa shape index (κ3) is 9.40. The average Bonchev–Trinajstić information content (AvgIpc) is 3.35. The summed E-state index contributed by atoms with van der Waals surface area (Å²) in [5.74, 6) is -1.47. The van der Waals surface area contributed by atoms with Crippen molar-refractivity contribution in [3.8, 4) is 0 Å². The lowest BCUT2D eigenvalue weighted by Crippen LogP contribution is -2.68. The summed E-state index contributed by atoms with van der Waals surface area (Å²) in [6, 6.07) is 0. The third-order valence-electron chi connectivity index (χ3n) is 21.2. The Labute approximate surface area is 437 Å². The second kappa shape index (κ2) is 20.7. The molecule has 0 amide bonds. The van der Waals surface area contributed by atoms with Gasteiger partial charge in [0, 0.05) is 10.8 Å². The molecule has 5 aliphatic carbocycles. The van der Waals surface area contributed by atoms with Crippen molar-refractivity contribution in [1.29, 1.82) is 0 Å². The Morgan fingerprint density at radius 3 is 1.89 bits per heavy atom. The molecule has 4 saturated heterocycles. The van der Waals surface area contributed by atoms with Crippen LogP contribution in [0.4, 0.5) is 0 Å². The van der Waals surface area contributed by atoms with Crippen LogP contribution >= 0.6 is 0 Å². The number of hydrogen-bond donors (Lipinski definition) is 13. The predicted molar refractivity (Wildman–Crippen MR) is 257 cm³/mol. The highest BCUT2D eigenvalue weighted by Gasteiger charge is 2.70. The molecule has 0 radical (unpaired) electrons. The molecular weight excluding hydrogens is 989 g/mol. The SMILES string of the molecule is CC1OC(OC2C(OC3C(OC4CCC5(C)C(CCC6(C)C5CC=C5C7CC(C)(C)CC(OC8OC(CO)C(O)C(O)C8O)C7(C)CCC56C)C4(C)CO)OC(C(=O)O)C(O)C3O)OCC(O)C2O)C(O)C(O)C1O. The van der Waals surface area contributed by atoms with E-state index in [0.717, 1.165) is 32.1 Å². The molecule has 0 aromatic carbocycles. The lowest BCUT2D eigenvalue weighted by atomic mass is 9.33. The van der Waals surface area contributed by atoms with E-state index in [4.69, 9.17) is 37.9 Å². The minimum Gasteiger partial charge on any atom is -0.479 e. The number of carboxylic acid groups (broad SMARTS) is 1. The highest BCUT2D eigenvalue weighted by Crippen LogP contribution is 2.76. The Hall–Kier alpha value is -1.59. The Balaban J connectivity index is 0.967. The van der Waals surface area contributed by atoms with Gasteiger partial charge in [-0.2, -0.15) is 0 Å². The quantitative estimate of drug-likeness (QED) is 0.0887.